The smallest absolute Gasteiger partial charge is 0.315 e. The van der Waals surface area contributed by atoms with E-state index in [4.69, 9.17) is 0 Å². The Balaban J connectivity index is 2.68. The highest BCUT2D eigenvalue weighted by Crippen LogP contribution is 2.16. The van der Waals surface area contributed by atoms with Crippen molar-refractivity contribution in [3.8, 4) is 5.75 Å². The normalized spacial score (nSPS) is 15.5. The van der Waals surface area contributed by atoms with Crippen molar-refractivity contribution in [2.24, 2.45) is 0 Å². The molecule has 0 unspecified atom stereocenters. The molecule has 1 aromatic rings. The van der Waals surface area contributed by atoms with Crippen LogP contribution in [0.5, 0.6) is 5.75 Å². The van der Waals surface area contributed by atoms with Gasteiger partial charge in [0, 0.05) is 20.1 Å². The molecule has 0 saturated carbocycles. The zero-order valence-corrected chi connectivity index (χ0v) is 7.60. The van der Waals surface area contributed by atoms with Gasteiger partial charge in [0.15, 0.2) is 5.69 Å². The van der Waals surface area contributed by atoms with E-state index >= 15 is 0 Å². The summed E-state index contributed by atoms with van der Waals surface area (Å²) in [5.74, 6) is -0.919. The van der Waals surface area contributed by atoms with Gasteiger partial charge in [0.2, 0.25) is 5.75 Å². The molecule has 0 aliphatic carbocycles. The van der Waals surface area contributed by atoms with E-state index < -0.39 is 11.3 Å². The van der Waals surface area contributed by atoms with Crippen LogP contribution >= 0.6 is 0 Å². The molecule has 0 saturated heterocycles. The standard InChI is InChI=1S/C8H9N3O3/c1-10-2-3-11-4-9-7(13)6(12)5(11)8(10)14/h4,12H,2-3H2,1H3. The van der Waals surface area contributed by atoms with Crippen LogP contribution in [0, 0.1) is 0 Å². The summed E-state index contributed by atoms with van der Waals surface area (Å²) in [6.45, 7) is 1.09. The van der Waals surface area contributed by atoms with Crippen molar-refractivity contribution >= 4 is 5.91 Å². The molecule has 1 N–H and O–H groups in total. The molecule has 0 fully saturated rings. The van der Waals surface area contributed by atoms with Crippen molar-refractivity contribution in [1.82, 2.24) is 14.5 Å². The highest BCUT2D eigenvalue weighted by atomic mass is 16.3. The molecule has 1 aliphatic rings. The van der Waals surface area contributed by atoms with Gasteiger partial charge in [0.05, 0.1) is 6.33 Å². The predicted octanol–water partition coefficient (Wildman–Crippen LogP) is -0.965. The van der Waals surface area contributed by atoms with Crippen LogP contribution in [-0.2, 0) is 6.54 Å². The van der Waals surface area contributed by atoms with Crippen molar-refractivity contribution in [2.75, 3.05) is 13.6 Å². The van der Waals surface area contributed by atoms with Crippen LogP contribution < -0.4 is 5.56 Å². The van der Waals surface area contributed by atoms with E-state index in [1.54, 1.807) is 7.05 Å². The Kier molecular flexibility index (Phi) is 1.77. The first kappa shape index (κ1) is 8.74. The van der Waals surface area contributed by atoms with Crippen LogP contribution in [-0.4, -0.2) is 39.1 Å². The average Bonchev–Trinajstić information content (AvgIpc) is 2.17. The van der Waals surface area contributed by atoms with Gasteiger partial charge in [0.25, 0.3) is 5.91 Å². The van der Waals surface area contributed by atoms with Gasteiger partial charge in [-0.1, -0.05) is 0 Å². The SMILES string of the molecule is CN1CCn2cnc(=O)c(O)c2C1=O. The molecule has 6 heteroatoms. The first-order valence-corrected chi connectivity index (χ1v) is 4.15. The van der Waals surface area contributed by atoms with Crippen molar-refractivity contribution in [1.29, 1.82) is 0 Å². The molecule has 2 rings (SSSR count). The molecule has 2 heterocycles. The molecule has 0 spiro atoms. The monoisotopic (exact) mass is 195 g/mol. The van der Waals surface area contributed by atoms with Crippen LogP contribution in [0.15, 0.2) is 11.1 Å². The minimum absolute atomic E-state index is 0.0266. The highest BCUT2D eigenvalue weighted by molar-refractivity contribution is 5.95. The van der Waals surface area contributed by atoms with Crippen LogP contribution in [0.2, 0.25) is 0 Å². The number of fused-ring (bicyclic) bond motifs is 1. The number of hydrogen-bond donors (Lipinski definition) is 1. The van der Waals surface area contributed by atoms with Gasteiger partial charge in [-0.05, 0) is 0 Å². The number of aromatic hydroxyl groups is 1. The Morgan fingerprint density at radius 2 is 2.14 bits per heavy atom. The zero-order chi connectivity index (χ0) is 10.3. The predicted molar refractivity (Wildman–Crippen MR) is 47.1 cm³/mol. The van der Waals surface area contributed by atoms with Crippen LogP contribution in [0.25, 0.3) is 0 Å². The number of rotatable bonds is 0. The molecule has 1 aliphatic heterocycles. The number of aromatic nitrogens is 2. The molecule has 0 radical (unpaired) electrons. The van der Waals surface area contributed by atoms with Gasteiger partial charge in [-0.3, -0.25) is 9.59 Å². The number of carbonyl (C=O) groups excluding carboxylic acids is 1. The maximum absolute atomic E-state index is 11.6. The molecule has 0 bridgehead atoms. The zero-order valence-electron chi connectivity index (χ0n) is 7.60. The number of amides is 1. The summed E-state index contributed by atoms with van der Waals surface area (Å²) in [5, 5.41) is 9.39. The van der Waals surface area contributed by atoms with Gasteiger partial charge in [-0.2, -0.15) is 4.98 Å². The summed E-state index contributed by atoms with van der Waals surface area (Å²) in [7, 11) is 1.62. The van der Waals surface area contributed by atoms with Gasteiger partial charge in [-0.15, -0.1) is 0 Å². The lowest BCUT2D eigenvalue weighted by Crippen LogP contribution is -2.39. The van der Waals surface area contributed by atoms with Gasteiger partial charge < -0.3 is 14.6 Å². The largest absolute Gasteiger partial charge is 0.501 e. The van der Waals surface area contributed by atoms with E-state index in [0.717, 1.165) is 0 Å². The summed E-state index contributed by atoms with van der Waals surface area (Å²) >= 11 is 0. The minimum atomic E-state index is -0.764. The number of carbonyl (C=O) groups is 1. The molecule has 1 amide bonds. The molecule has 1 aromatic heterocycles. The number of nitrogens with zero attached hydrogens (tertiary/aromatic N) is 3. The molecular formula is C8H9N3O3. The topological polar surface area (TPSA) is 75.4 Å². The molecule has 6 nitrogen and oxygen atoms in total. The third kappa shape index (κ3) is 1.07. The molecular weight excluding hydrogens is 186 g/mol. The lowest BCUT2D eigenvalue weighted by atomic mass is 10.2. The first-order valence-electron chi connectivity index (χ1n) is 4.15. The van der Waals surface area contributed by atoms with E-state index in [2.05, 4.69) is 4.98 Å². The van der Waals surface area contributed by atoms with E-state index in [0.29, 0.717) is 13.1 Å². The first-order chi connectivity index (χ1) is 6.61. The fourth-order valence-corrected chi connectivity index (χ4v) is 1.41. The quantitative estimate of drug-likeness (QED) is 0.578. The van der Waals surface area contributed by atoms with Crippen molar-refractivity contribution in [3.05, 3.63) is 22.4 Å². The van der Waals surface area contributed by atoms with Crippen molar-refractivity contribution < 1.29 is 9.90 Å². The summed E-state index contributed by atoms with van der Waals surface area (Å²) < 4.78 is 1.49. The second-order valence-electron chi connectivity index (χ2n) is 3.17. The second kappa shape index (κ2) is 2.83. The van der Waals surface area contributed by atoms with Gasteiger partial charge >= 0.3 is 5.56 Å². The Morgan fingerprint density at radius 3 is 2.86 bits per heavy atom. The maximum Gasteiger partial charge on any atom is 0.315 e. The minimum Gasteiger partial charge on any atom is -0.501 e. The summed E-state index contributed by atoms with van der Waals surface area (Å²) in [6.07, 6.45) is 1.28. The van der Waals surface area contributed by atoms with E-state index in [9.17, 15) is 14.7 Å². The Labute approximate surface area is 79.4 Å². The van der Waals surface area contributed by atoms with Gasteiger partial charge in [-0.25, -0.2) is 0 Å². The lowest BCUT2D eigenvalue weighted by molar-refractivity contribution is 0.0740. The fraction of sp³-hybridized carbons (Fsp3) is 0.375. The Hall–Kier alpha value is -1.85. The number of likely N-dealkylation sites (N-methyl/N-ethyl adjacent to an activating group) is 1. The maximum atomic E-state index is 11.6. The Bertz CT molecular complexity index is 452. The van der Waals surface area contributed by atoms with Crippen molar-refractivity contribution in [3.63, 3.8) is 0 Å². The third-order valence-electron chi connectivity index (χ3n) is 2.25. The van der Waals surface area contributed by atoms with Crippen molar-refractivity contribution in [2.45, 2.75) is 6.54 Å². The van der Waals surface area contributed by atoms with E-state index in [1.165, 1.54) is 15.8 Å². The van der Waals surface area contributed by atoms with Crippen LogP contribution in [0.3, 0.4) is 0 Å². The van der Waals surface area contributed by atoms with E-state index in [-0.39, 0.29) is 11.6 Å². The fourth-order valence-electron chi connectivity index (χ4n) is 1.41. The van der Waals surface area contributed by atoms with Gasteiger partial charge in [0.1, 0.15) is 0 Å². The lowest BCUT2D eigenvalue weighted by Gasteiger charge is -2.26. The molecule has 74 valence electrons. The summed E-state index contributed by atoms with van der Waals surface area (Å²) in [4.78, 5) is 27.5. The third-order valence-corrected chi connectivity index (χ3v) is 2.25. The van der Waals surface area contributed by atoms with E-state index in [1.807, 2.05) is 0 Å². The summed E-state index contributed by atoms with van der Waals surface area (Å²) in [6, 6.07) is 0. The second-order valence-corrected chi connectivity index (χ2v) is 3.17. The molecule has 0 atom stereocenters. The summed E-state index contributed by atoms with van der Waals surface area (Å²) in [5.41, 5.74) is -0.737. The van der Waals surface area contributed by atoms with Crippen LogP contribution in [0.4, 0.5) is 0 Å². The Morgan fingerprint density at radius 1 is 1.43 bits per heavy atom. The number of hydrogen-bond acceptors (Lipinski definition) is 4. The average molecular weight is 195 g/mol. The molecule has 14 heavy (non-hydrogen) atoms. The molecule has 0 aromatic carbocycles. The van der Waals surface area contributed by atoms with Crippen LogP contribution in [0.1, 0.15) is 10.5 Å². The highest BCUT2D eigenvalue weighted by Gasteiger charge is 2.25.